The molecule has 1 aromatic rings. The smallest absolute Gasteiger partial charge is 0.308 e. The van der Waals surface area contributed by atoms with Crippen LogP contribution in [0.5, 0.6) is 0 Å². The number of thiophene rings is 1. The van der Waals surface area contributed by atoms with Crippen LogP contribution >= 0.6 is 22.9 Å². The van der Waals surface area contributed by atoms with Crippen LogP contribution in [0.2, 0.25) is 4.34 Å². The summed E-state index contributed by atoms with van der Waals surface area (Å²) >= 11 is 7.49. The molecule has 2 heterocycles. The minimum absolute atomic E-state index is 0.0143. The molecule has 0 saturated carbocycles. The molecule has 0 bridgehead atoms. The first-order valence-corrected chi connectivity index (χ1v) is 8.11. The SMILES string of the molecule is CN=C(NCc1ccc(Cl)s1)N1CCC(C(=O)OC)CC1. The van der Waals surface area contributed by atoms with Gasteiger partial charge in [0.25, 0.3) is 0 Å². The van der Waals surface area contributed by atoms with Crippen LogP contribution in [-0.4, -0.2) is 44.1 Å². The number of esters is 1. The molecule has 1 N–H and O–H groups in total. The summed E-state index contributed by atoms with van der Waals surface area (Å²) in [6, 6.07) is 3.91. The number of nitrogens with one attached hydrogen (secondary N) is 1. The molecule has 116 valence electrons. The Kier molecular flexibility index (Phi) is 5.87. The van der Waals surface area contributed by atoms with Crippen LogP contribution in [0, 0.1) is 5.92 Å². The van der Waals surface area contributed by atoms with E-state index in [1.807, 2.05) is 12.1 Å². The highest BCUT2D eigenvalue weighted by Crippen LogP contribution is 2.21. The van der Waals surface area contributed by atoms with Gasteiger partial charge in [0.2, 0.25) is 0 Å². The highest BCUT2D eigenvalue weighted by Gasteiger charge is 2.26. The van der Waals surface area contributed by atoms with Crippen LogP contribution in [0.25, 0.3) is 0 Å². The summed E-state index contributed by atoms with van der Waals surface area (Å²) < 4.78 is 5.60. The fourth-order valence-electron chi connectivity index (χ4n) is 2.44. The molecule has 0 spiro atoms. The van der Waals surface area contributed by atoms with Gasteiger partial charge in [0.1, 0.15) is 0 Å². The monoisotopic (exact) mass is 329 g/mol. The number of nitrogens with zero attached hydrogens (tertiary/aromatic N) is 2. The molecule has 1 saturated heterocycles. The molecular weight excluding hydrogens is 310 g/mol. The van der Waals surface area contributed by atoms with Gasteiger partial charge in [-0.1, -0.05) is 11.6 Å². The lowest BCUT2D eigenvalue weighted by Crippen LogP contribution is -2.46. The lowest BCUT2D eigenvalue weighted by molar-refractivity contribution is -0.146. The summed E-state index contributed by atoms with van der Waals surface area (Å²) in [5.41, 5.74) is 0. The fourth-order valence-corrected chi connectivity index (χ4v) is 3.47. The van der Waals surface area contributed by atoms with Gasteiger partial charge in [0.05, 0.1) is 23.9 Å². The van der Waals surface area contributed by atoms with Crippen molar-refractivity contribution < 1.29 is 9.53 Å². The Morgan fingerprint density at radius 3 is 2.76 bits per heavy atom. The Hall–Kier alpha value is -1.27. The molecule has 5 nitrogen and oxygen atoms in total. The van der Waals surface area contributed by atoms with Crippen molar-refractivity contribution in [2.45, 2.75) is 19.4 Å². The van der Waals surface area contributed by atoms with Gasteiger partial charge in [-0.3, -0.25) is 9.79 Å². The normalized spacial score (nSPS) is 16.9. The molecule has 21 heavy (non-hydrogen) atoms. The zero-order valence-electron chi connectivity index (χ0n) is 12.3. The number of ether oxygens (including phenoxy) is 1. The van der Waals surface area contributed by atoms with Crippen molar-refractivity contribution in [3.63, 3.8) is 0 Å². The van der Waals surface area contributed by atoms with Crippen molar-refractivity contribution in [2.75, 3.05) is 27.2 Å². The summed E-state index contributed by atoms with van der Waals surface area (Å²) in [6.07, 6.45) is 1.61. The predicted molar refractivity (Wildman–Crippen MR) is 85.8 cm³/mol. The lowest BCUT2D eigenvalue weighted by atomic mass is 9.97. The van der Waals surface area contributed by atoms with Crippen molar-refractivity contribution in [3.05, 3.63) is 21.3 Å². The molecule has 1 aromatic heterocycles. The van der Waals surface area contributed by atoms with Crippen molar-refractivity contribution >= 4 is 34.9 Å². The van der Waals surface area contributed by atoms with Crippen molar-refractivity contribution in [1.29, 1.82) is 0 Å². The largest absolute Gasteiger partial charge is 0.469 e. The van der Waals surface area contributed by atoms with E-state index in [0.29, 0.717) is 6.54 Å². The van der Waals surface area contributed by atoms with Crippen LogP contribution < -0.4 is 5.32 Å². The Labute approximate surface area is 133 Å². The second-order valence-electron chi connectivity index (χ2n) is 4.89. The molecular formula is C14H20ClN3O2S. The second-order valence-corrected chi connectivity index (χ2v) is 6.69. The first-order valence-electron chi connectivity index (χ1n) is 6.91. The van der Waals surface area contributed by atoms with E-state index in [2.05, 4.69) is 15.2 Å². The first kappa shape index (κ1) is 16.1. The molecule has 0 amide bonds. The van der Waals surface area contributed by atoms with Crippen LogP contribution in [0.4, 0.5) is 0 Å². The third-order valence-corrected chi connectivity index (χ3v) is 4.82. The summed E-state index contributed by atoms with van der Waals surface area (Å²) in [7, 11) is 3.22. The van der Waals surface area contributed by atoms with Gasteiger partial charge in [-0.25, -0.2) is 0 Å². The molecule has 1 aliphatic heterocycles. The summed E-state index contributed by atoms with van der Waals surface area (Å²) in [6.45, 7) is 2.33. The number of carbonyl (C=O) groups is 1. The van der Waals surface area contributed by atoms with Crippen LogP contribution in [0.1, 0.15) is 17.7 Å². The number of likely N-dealkylation sites (tertiary alicyclic amines) is 1. The number of rotatable bonds is 3. The third kappa shape index (κ3) is 4.35. The molecule has 2 rings (SSSR count). The van der Waals surface area contributed by atoms with E-state index in [0.717, 1.165) is 36.2 Å². The number of methoxy groups -OCH3 is 1. The minimum Gasteiger partial charge on any atom is -0.469 e. The van der Waals surface area contributed by atoms with Crippen LogP contribution in [0.15, 0.2) is 17.1 Å². The number of hydrogen-bond donors (Lipinski definition) is 1. The second kappa shape index (κ2) is 7.66. The topological polar surface area (TPSA) is 53.9 Å². The molecule has 0 atom stereocenters. The minimum atomic E-state index is -0.106. The average molecular weight is 330 g/mol. The molecule has 0 unspecified atom stereocenters. The van der Waals surface area contributed by atoms with Crippen molar-refractivity contribution in [1.82, 2.24) is 10.2 Å². The maximum absolute atomic E-state index is 11.5. The van der Waals surface area contributed by atoms with Gasteiger partial charge < -0.3 is 15.0 Å². The van der Waals surface area contributed by atoms with Gasteiger partial charge in [-0.15, -0.1) is 11.3 Å². The first-order chi connectivity index (χ1) is 10.1. The Bertz CT molecular complexity index is 510. The number of halogens is 1. The van der Waals surface area contributed by atoms with Crippen molar-refractivity contribution in [3.8, 4) is 0 Å². The molecule has 0 aromatic carbocycles. The molecule has 1 fully saturated rings. The number of guanidine groups is 1. The average Bonchev–Trinajstić information content (AvgIpc) is 2.93. The lowest BCUT2D eigenvalue weighted by Gasteiger charge is -2.33. The standard InChI is InChI=1S/C14H20ClN3O2S/c1-16-14(17-9-11-3-4-12(15)21-11)18-7-5-10(6-8-18)13(19)20-2/h3-4,10H,5-9H2,1-2H3,(H,16,17). The Balaban J connectivity index is 1.84. The fraction of sp³-hybridized carbons (Fsp3) is 0.571. The van der Waals surface area contributed by atoms with Gasteiger partial charge in [0, 0.05) is 25.0 Å². The van der Waals surface area contributed by atoms with E-state index in [9.17, 15) is 4.79 Å². The molecule has 0 aliphatic carbocycles. The number of piperidine rings is 1. The molecule has 0 radical (unpaired) electrons. The van der Waals surface area contributed by atoms with Crippen molar-refractivity contribution in [2.24, 2.45) is 10.9 Å². The van der Waals surface area contributed by atoms with E-state index in [1.165, 1.54) is 12.0 Å². The maximum atomic E-state index is 11.5. The third-order valence-electron chi connectivity index (χ3n) is 3.59. The van der Waals surface area contributed by atoms with Gasteiger partial charge in [-0.2, -0.15) is 0 Å². The summed E-state index contributed by atoms with van der Waals surface area (Å²) in [5, 5.41) is 3.34. The van der Waals surface area contributed by atoms with E-state index < -0.39 is 0 Å². The van der Waals surface area contributed by atoms with Gasteiger partial charge in [-0.05, 0) is 25.0 Å². The number of carbonyl (C=O) groups excluding carboxylic acids is 1. The van der Waals surface area contributed by atoms with E-state index in [1.54, 1.807) is 18.4 Å². The van der Waals surface area contributed by atoms with Crippen LogP contribution in [0.3, 0.4) is 0 Å². The number of hydrogen-bond acceptors (Lipinski definition) is 4. The van der Waals surface area contributed by atoms with E-state index in [4.69, 9.17) is 16.3 Å². The van der Waals surface area contributed by atoms with E-state index in [-0.39, 0.29) is 11.9 Å². The summed E-state index contributed by atoms with van der Waals surface area (Å²) in [5.74, 6) is 0.772. The maximum Gasteiger partial charge on any atom is 0.308 e. The van der Waals surface area contributed by atoms with E-state index >= 15 is 0 Å². The quantitative estimate of drug-likeness (QED) is 0.525. The van der Waals surface area contributed by atoms with Gasteiger partial charge in [0.15, 0.2) is 5.96 Å². The van der Waals surface area contributed by atoms with Crippen LogP contribution in [-0.2, 0) is 16.1 Å². The Morgan fingerprint density at radius 1 is 1.52 bits per heavy atom. The zero-order valence-corrected chi connectivity index (χ0v) is 13.8. The summed E-state index contributed by atoms with van der Waals surface area (Å²) in [4.78, 5) is 19.2. The highest BCUT2D eigenvalue weighted by molar-refractivity contribution is 7.16. The molecule has 7 heteroatoms. The molecule has 1 aliphatic rings. The number of aliphatic imine (C=N–C) groups is 1. The van der Waals surface area contributed by atoms with Gasteiger partial charge >= 0.3 is 5.97 Å². The zero-order chi connectivity index (χ0) is 15.2. The Morgan fingerprint density at radius 2 is 2.24 bits per heavy atom. The predicted octanol–water partition coefficient (Wildman–Crippen LogP) is 2.36. The highest BCUT2D eigenvalue weighted by atomic mass is 35.5.